The Labute approximate surface area is 132 Å². The molecule has 1 aliphatic rings. The number of hydrogen-bond acceptors (Lipinski definition) is 5. The number of carbonyl (C=O) groups is 1. The Kier molecular flexibility index (Phi) is 4.52. The third-order valence-corrected chi connectivity index (χ3v) is 3.43. The van der Waals surface area contributed by atoms with Gasteiger partial charge in [-0.25, -0.2) is 4.79 Å². The van der Waals surface area contributed by atoms with Crippen LogP contribution in [0.25, 0.3) is 0 Å². The summed E-state index contributed by atoms with van der Waals surface area (Å²) in [5.74, 6) is 0.749. The number of aromatic nitrogens is 1. The van der Waals surface area contributed by atoms with Crippen molar-refractivity contribution in [2.24, 2.45) is 5.73 Å². The fraction of sp³-hybridized carbons (Fsp3) is 0.750. The molecule has 0 aromatic carbocycles. The van der Waals surface area contributed by atoms with E-state index >= 15 is 0 Å². The zero-order chi connectivity index (χ0) is 16.5. The minimum absolute atomic E-state index is 0.0757. The summed E-state index contributed by atoms with van der Waals surface area (Å²) in [4.78, 5) is 14.0. The first-order valence-electron chi connectivity index (χ1n) is 7.79. The van der Waals surface area contributed by atoms with Gasteiger partial charge in [-0.05, 0) is 47.5 Å². The standard InChI is InChI=1S/C16H27N3O3/c1-15(2,3)21-14(20)19-8-6-7-13(19)12-9-11(22-18-12)10-16(4,5)17/h9,13H,6-8,10,17H2,1-5H3. The molecule has 2 heterocycles. The molecular formula is C16H27N3O3. The van der Waals surface area contributed by atoms with Crippen LogP contribution in [0.5, 0.6) is 0 Å². The van der Waals surface area contributed by atoms with Crippen molar-refractivity contribution in [2.45, 2.75) is 71.1 Å². The smallest absolute Gasteiger partial charge is 0.410 e. The molecule has 2 rings (SSSR count). The highest BCUT2D eigenvalue weighted by Crippen LogP contribution is 2.33. The third kappa shape index (κ3) is 4.47. The largest absolute Gasteiger partial charge is 0.444 e. The molecule has 0 saturated carbocycles. The van der Waals surface area contributed by atoms with Crippen LogP contribution in [0.3, 0.4) is 0 Å². The molecule has 0 spiro atoms. The van der Waals surface area contributed by atoms with Crippen molar-refractivity contribution in [2.75, 3.05) is 6.54 Å². The van der Waals surface area contributed by atoms with E-state index in [9.17, 15) is 4.79 Å². The topological polar surface area (TPSA) is 81.6 Å². The van der Waals surface area contributed by atoms with Gasteiger partial charge in [0, 0.05) is 24.6 Å². The number of likely N-dealkylation sites (tertiary alicyclic amines) is 1. The van der Waals surface area contributed by atoms with Gasteiger partial charge in [-0.3, -0.25) is 4.90 Å². The zero-order valence-corrected chi connectivity index (χ0v) is 14.2. The molecule has 1 fully saturated rings. The highest BCUT2D eigenvalue weighted by molar-refractivity contribution is 5.69. The quantitative estimate of drug-likeness (QED) is 0.928. The van der Waals surface area contributed by atoms with Gasteiger partial charge < -0.3 is 15.0 Å². The predicted molar refractivity (Wildman–Crippen MR) is 83.4 cm³/mol. The van der Waals surface area contributed by atoms with Gasteiger partial charge in [-0.15, -0.1) is 0 Å². The number of nitrogens with zero attached hydrogens (tertiary/aromatic N) is 2. The van der Waals surface area contributed by atoms with Crippen molar-refractivity contribution in [1.82, 2.24) is 10.1 Å². The second-order valence-corrected chi connectivity index (χ2v) is 7.72. The molecule has 0 radical (unpaired) electrons. The van der Waals surface area contributed by atoms with E-state index in [1.54, 1.807) is 4.90 Å². The van der Waals surface area contributed by atoms with Crippen molar-refractivity contribution >= 4 is 6.09 Å². The Hall–Kier alpha value is -1.56. The summed E-state index contributed by atoms with van der Waals surface area (Å²) in [5, 5.41) is 4.13. The maximum absolute atomic E-state index is 12.3. The molecular weight excluding hydrogens is 282 g/mol. The molecule has 2 N–H and O–H groups in total. The third-order valence-electron chi connectivity index (χ3n) is 3.43. The van der Waals surface area contributed by atoms with E-state index in [1.807, 2.05) is 40.7 Å². The minimum atomic E-state index is -0.497. The molecule has 6 nitrogen and oxygen atoms in total. The van der Waals surface area contributed by atoms with Crippen molar-refractivity contribution < 1.29 is 14.1 Å². The summed E-state index contributed by atoms with van der Waals surface area (Å²) in [6.45, 7) is 10.2. The maximum Gasteiger partial charge on any atom is 0.410 e. The molecule has 1 aromatic heterocycles. The SMILES string of the molecule is CC(C)(N)Cc1cc(C2CCCN2C(=O)OC(C)(C)C)no1. The summed E-state index contributed by atoms with van der Waals surface area (Å²) in [5.41, 5.74) is 5.94. The lowest BCUT2D eigenvalue weighted by molar-refractivity contribution is 0.0219. The van der Waals surface area contributed by atoms with Crippen LogP contribution in [0.4, 0.5) is 4.79 Å². The highest BCUT2D eigenvalue weighted by Gasteiger charge is 2.35. The number of ether oxygens (including phenoxy) is 1. The summed E-state index contributed by atoms with van der Waals surface area (Å²) in [6, 6.07) is 1.83. The first kappa shape index (κ1) is 16.8. The zero-order valence-electron chi connectivity index (χ0n) is 14.2. The summed E-state index contributed by atoms with van der Waals surface area (Å²) in [7, 11) is 0. The Bertz CT molecular complexity index is 525. The maximum atomic E-state index is 12.3. The van der Waals surface area contributed by atoms with Gasteiger partial charge in [0.2, 0.25) is 0 Å². The molecule has 1 amide bonds. The predicted octanol–water partition coefficient (Wildman–Crippen LogP) is 3.03. The van der Waals surface area contributed by atoms with Gasteiger partial charge >= 0.3 is 6.09 Å². The van der Waals surface area contributed by atoms with E-state index in [0.29, 0.717) is 13.0 Å². The van der Waals surface area contributed by atoms with Gasteiger partial charge in [-0.1, -0.05) is 5.16 Å². The summed E-state index contributed by atoms with van der Waals surface area (Å²) in [6.07, 6.45) is 2.13. The van der Waals surface area contributed by atoms with Crippen molar-refractivity contribution in [3.8, 4) is 0 Å². The molecule has 6 heteroatoms. The van der Waals surface area contributed by atoms with Crippen LogP contribution in [-0.2, 0) is 11.2 Å². The molecule has 22 heavy (non-hydrogen) atoms. The van der Waals surface area contributed by atoms with E-state index < -0.39 is 5.60 Å². The average Bonchev–Trinajstić information content (AvgIpc) is 2.91. The minimum Gasteiger partial charge on any atom is -0.444 e. The van der Waals surface area contributed by atoms with Gasteiger partial charge in [0.15, 0.2) is 0 Å². The Balaban J connectivity index is 2.09. The molecule has 0 bridgehead atoms. The Morgan fingerprint density at radius 1 is 1.45 bits per heavy atom. The van der Waals surface area contributed by atoms with Crippen LogP contribution in [0.15, 0.2) is 10.6 Å². The van der Waals surface area contributed by atoms with Crippen LogP contribution in [0, 0.1) is 0 Å². The first-order chi connectivity index (χ1) is 10.1. The normalized spacial score (nSPS) is 19.5. The summed E-state index contributed by atoms with van der Waals surface area (Å²) >= 11 is 0. The van der Waals surface area contributed by atoms with Crippen LogP contribution >= 0.6 is 0 Å². The van der Waals surface area contributed by atoms with Crippen LogP contribution < -0.4 is 5.73 Å². The lowest BCUT2D eigenvalue weighted by Gasteiger charge is -2.27. The number of hydrogen-bond donors (Lipinski definition) is 1. The van der Waals surface area contributed by atoms with Gasteiger partial charge in [0.25, 0.3) is 0 Å². The number of rotatable bonds is 3. The molecule has 0 aliphatic carbocycles. The fourth-order valence-corrected chi connectivity index (χ4v) is 2.63. The lowest BCUT2D eigenvalue weighted by Crippen LogP contribution is -2.36. The molecule has 1 atom stereocenters. The van der Waals surface area contributed by atoms with E-state index in [-0.39, 0.29) is 17.7 Å². The highest BCUT2D eigenvalue weighted by atomic mass is 16.6. The van der Waals surface area contributed by atoms with Crippen molar-refractivity contribution in [1.29, 1.82) is 0 Å². The van der Waals surface area contributed by atoms with Crippen LogP contribution in [0.1, 0.15) is 65.0 Å². The van der Waals surface area contributed by atoms with Crippen molar-refractivity contribution in [3.05, 3.63) is 17.5 Å². The van der Waals surface area contributed by atoms with Gasteiger partial charge in [0.1, 0.15) is 17.1 Å². The molecule has 124 valence electrons. The van der Waals surface area contributed by atoms with Crippen LogP contribution in [0.2, 0.25) is 0 Å². The number of carbonyl (C=O) groups excluding carboxylic acids is 1. The van der Waals surface area contributed by atoms with E-state index in [1.165, 1.54) is 0 Å². The number of nitrogens with two attached hydrogens (primary N) is 1. The van der Waals surface area contributed by atoms with Crippen LogP contribution in [-0.4, -0.2) is 33.8 Å². The second-order valence-electron chi connectivity index (χ2n) is 7.72. The van der Waals surface area contributed by atoms with E-state index in [0.717, 1.165) is 24.3 Å². The van der Waals surface area contributed by atoms with Gasteiger partial charge in [0.05, 0.1) is 6.04 Å². The average molecular weight is 309 g/mol. The molecule has 1 unspecified atom stereocenters. The van der Waals surface area contributed by atoms with Gasteiger partial charge in [-0.2, -0.15) is 0 Å². The molecule has 1 aromatic rings. The molecule has 1 aliphatic heterocycles. The monoisotopic (exact) mass is 309 g/mol. The molecule has 1 saturated heterocycles. The van der Waals surface area contributed by atoms with Crippen molar-refractivity contribution in [3.63, 3.8) is 0 Å². The summed E-state index contributed by atoms with van der Waals surface area (Å²) < 4.78 is 10.8. The fourth-order valence-electron chi connectivity index (χ4n) is 2.63. The van der Waals surface area contributed by atoms with E-state index in [4.69, 9.17) is 15.0 Å². The van der Waals surface area contributed by atoms with E-state index in [2.05, 4.69) is 5.16 Å². The lowest BCUT2D eigenvalue weighted by atomic mass is 10.00. The first-order valence-corrected chi connectivity index (χ1v) is 7.79. The Morgan fingerprint density at radius 2 is 2.14 bits per heavy atom. The second kappa shape index (κ2) is 5.91. The Morgan fingerprint density at radius 3 is 2.73 bits per heavy atom. The number of amides is 1.